The number of halogens is 13. The third-order valence-electron chi connectivity index (χ3n) is 6.24. The fourth-order valence-corrected chi connectivity index (χ4v) is 4.94. The molecule has 16 heteroatoms. The average molecular weight is 741 g/mol. The highest BCUT2D eigenvalue weighted by Crippen LogP contribution is 2.54. The number of carbonyl (C=O) groups is 2. The SMILES string of the molecule is CCN(C(=O)c1ccc(F)cc1)c1cccc(C(=O)Cc2c(I)cc(C(F)(C(F)(F)F)C(F)(F)F)cc2C(F)(F)F)c1F. The molecule has 0 aliphatic carbocycles. The molecule has 0 heterocycles. The topological polar surface area (TPSA) is 37.4 Å². The van der Waals surface area contributed by atoms with Crippen LogP contribution in [0.1, 0.15) is 44.3 Å². The molecule has 0 fully saturated rings. The zero-order valence-electron chi connectivity index (χ0n) is 21.3. The van der Waals surface area contributed by atoms with Gasteiger partial charge in [-0.05, 0) is 83.6 Å². The molecule has 0 unspecified atom stereocenters. The molecule has 0 radical (unpaired) electrons. The molecule has 0 saturated heterocycles. The first-order chi connectivity index (χ1) is 19.6. The van der Waals surface area contributed by atoms with Gasteiger partial charge in [0.05, 0.1) is 16.8 Å². The van der Waals surface area contributed by atoms with Crippen LogP contribution in [0.2, 0.25) is 0 Å². The highest BCUT2D eigenvalue weighted by atomic mass is 127. The van der Waals surface area contributed by atoms with Crippen molar-refractivity contribution < 1.29 is 62.3 Å². The van der Waals surface area contributed by atoms with Crippen LogP contribution < -0.4 is 4.90 Å². The Bertz CT molecular complexity index is 1520. The summed E-state index contributed by atoms with van der Waals surface area (Å²) in [6.45, 7) is 1.23. The second kappa shape index (κ2) is 12.0. The summed E-state index contributed by atoms with van der Waals surface area (Å²) in [7, 11) is 0. The maximum absolute atomic E-state index is 15.5. The Balaban J connectivity index is 2.10. The minimum Gasteiger partial charge on any atom is -0.306 e. The van der Waals surface area contributed by atoms with E-state index in [1.807, 2.05) is 0 Å². The molecule has 0 N–H and O–H groups in total. The molecule has 0 atom stereocenters. The van der Waals surface area contributed by atoms with Crippen molar-refractivity contribution in [2.24, 2.45) is 0 Å². The fraction of sp³-hybridized carbons (Fsp3) is 0.259. The highest BCUT2D eigenvalue weighted by Gasteiger charge is 2.73. The zero-order chi connectivity index (χ0) is 32.7. The van der Waals surface area contributed by atoms with Crippen molar-refractivity contribution in [1.82, 2.24) is 0 Å². The minimum atomic E-state index is -6.70. The van der Waals surface area contributed by atoms with E-state index >= 15 is 4.39 Å². The molecule has 0 aliphatic rings. The summed E-state index contributed by atoms with van der Waals surface area (Å²) in [4.78, 5) is 26.8. The summed E-state index contributed by atoms with van der Waals surface area (Å²) >= 11 is 0.923. The molecule has 0 spiro atoms. The Morgan fingerprint density at radius 2 is 1.37 bits per heavy atom. The average Bonchev–Trinajstić information content (AvgIpc) is 2.88. The van der Waals surface area contributed by atoms with E-state index in [-0.39, 0.29) is 18.2 Å². The lowest BCUT2D eigenvalue weighted by Gasteiger charge is -2.31. The number of benzene rings is 3. The molecule has 0 bridgehead atoms. The zero-order valence-corrected chi connectivity index (χ0v) is 23.4. The number of Topliss-reactive ketones (excluding diaryl/α,β-unsaturated/α-hetero) is 1. The lowest BCUT2D eigenvalue weighted by Crippen LogP contribution is -2.50. The summed E-state index contributed by atoms with van der Waals surface area (Å²) in [6.07, 6.45) is -20.4. The summed E-state index contributed by atoms with van der Waals surface area (Å²) < 4.78 is 163. The predicted octanol–water partition coefficient (Wildman–Crippen LogP) is 8.97. The molecule has 1 amide bonds. The van der Waals surface area contributed by atoms with Gasteiger partial charge in [0.25, 0.3) is 5.91 Å². The van der Waals surface area contributed by atoms with Gasteiger partial charge in [-0.3, -0.25) is 9.59 Å². The largest absolute Gasteiger partial charge is 0.435 e. The van der Waals surface area contributed by atoms with E-state index in [0.717, 1.165) is 70.0 Å². The number of hydrogen-bond acceptors (Lipinski definition) is 2. The van der Waals surface area contributed by atoms with Gasteiger partial charge in [0.1, 0.15) is 5.82 Å². The van der Waals surface area contributed by atoms with Crippen LogP contribution in [-0.2, 0) is 18.3 Å². The normalized spacial score (nSPS) is 12.8. The Morgan fingerprint density at radius 3 is 1.86 bits per heavy atom. The Labute approximate surface area is 248 Å². The van der Waals surface area contributed by atoms with Gasteiger partial charge >= 0.3 is 24.2 Å². The standard InChI is InChI=1S/C27H16F12INO2/c1-2-41(23(43)13-6-8-15(28)9-7-13)20-5-3-4-16(22(20)29)21(42)12-17-18(25(31,32)33)10-14(11-19(17)40)24(30,26(34,35)36)27(37,38)39/h3-11H,2,12H2,1H3. The van der Waals surface area contributed by atoms with Crippen LogP contribution in [0.5, 0.6) is 0 Å². The van der Waals surface area contributed by atoms with Crippen LogP contribution in [0.3, 0.4) is 0 Å². The first kappa shape index (κ1) is 34.2. The number of ketones is 1. The van der Waals surface area contributed by atoms with Gasteiger partial charge in [-0.15, -0.1) is 0 Å². The molecule has 3 aromatic carbocycles. The van der Waals surface area contributed by atoms with Gasteiger partial charge in [0.2, 0.25) is 0 Å². The lowest BCUT2D eigenvalue weighted by atomic mass is 9.89. The number of carbonyl (C=O) groups excluding carboxylic acids is 2. The minimum absolute atomic E-state index is 0.0782. The van der Waals surface area contributed by atoms with E-state index in [9.17, 15) is 57.9 Å². The van der Waals surface area contributed by atoms with E-state index in [2.05, 4.69) is 0 Å². The molecule has 0 aromatic heterocycles. The Kier molecular flexibility index (Phi) is 9.54. The molecular formula is C27H16F12INO2. The number of alkyl halides is 10. The van der Waals surface area contributed by atoms with Gasteiger partial charge in [-0.25, -0.2) is 13.2 Å². The van der Waals surface area contributed by atoms with E-state index < -0.39 is 91.5 Å². The van der Waals surface area contributed by atoms with Crippen molar-refractivity contribution in [2.75, 3.05) is 11.4 Å². The molecule has 232 valence electrons. The predicted molar refractivity (Wildman–Crippen MR) is 137 cm³/mol. The lowest BCUT2D eigenvalue weighted by molar-refractivity contribution is -0.348. The van der Waals surface area contributed by atoms with Crippen molar-refractivity contribution in [3.05, 3.63) is 97.6 Å². The number of nitrogens with zero attached hydrogens (tertiary/aromatic N) is 1. The second-order valence-corrected chi connectivity index (χ2v) is 10.1. The number of amides is 1. The third-order valence-corrected chi connectivity index (χ3v) is 7.20. The van der Waals surface area contributed by atoms with E-state index in [4.69, 9.17) is 0 Å². The van der Waals surface area contributed by atoms with Gasteiger partial charge in [0.15, 0.2) is 11.6 Å². The first-order valence-electron chi connectivity index (χ1n) is 11.8. The van der Waals surface area contributed by atoms with E-state index in [1.54, 1.807) is 0 Å². The van der Waals surface area contributed by atoms with Crippen LogP contribution in [-0.4, -0.2) is 30.6 Å². The van der Waals surface area contributed by atoms with Gasteiger partial charge in [0, 0.05) is 27.7 Å². The van der Waals surface area contributed by atoms with Crippen molar-refractivity contribution in [3.8, 4) is 0 Å². The molecule has 3 aromatic rings. The van der Waals surface area contributed by atoms with Crippen molar-refractivity contribution in [3.63, 3.8) is 0 Å². The highest BCUT2D eigenvalue weighted by molar-refractivity contribution is 14.1. The summed E-state index contributed by atoms with van der Waals surface area (Å²) in [5.41, 5.74) is -13.3. The monoisotopic (exact) mass is 741 g/mol. The summed E-state index contributed by atoms with van der Waals surface area (Å²) in [5.74, 6) is -4.27. The number of hydrogen-bond donors (Lipinski definition) is 0. The van der Waals surface area contributed by atoms with Gasteiger partial charge in [-0.2, -0.15) is 39.5 Å². The van der Waals surface area contributed by atoms with E-state index in [0.29, 0.717) is 0 Å². The molecule has 3 rings (SSSR count). The maximum atomic E-state index is 15.5. The molecule has 43 heavy (non-hydrogen) atoms. The fourth-order valence-electron chi connectivity index (χ4n) is 4.13. The Morgan fingerprint density at radius 1 is 0.814 bits per heavy atom. The van der Waals surface area contributed by atoms with Gasteiger partial charge < -0.3 is 4.90 Å². The Hall–Kier alpha value is -3.31. The molecule has 0 saturated carbocycles. The van der Waals surface area contributed by atoms with Crippen LogP contribution in [0, 0.1) is 15.2 Å². The van der Waals surface area contributed by atoms with Crippen LogP contribution in [0.4, 0.5) is 58.4 Å². The van der Waals surface area contributed by atoms with E-state index in [1.165, 1.54) is 6.92 Å². The van der Waals surface area contributed by atoms with Crippen LogP contribution in [0.15, 0.2) is 54.6 Å². The quantitative estimate of drug-likeness (QED) is 0.138. The maximum Gasteiger partial charge on any atom is 0.435 e. The van der Waals surface area contributed by atoms with Crippen LogP contribution in [0.25, 0.3) is 0 Å². The second-order valence-electron chi connectivity index (χ2n) is 8.93. The number of rotatable bonds is 7. The summed E-state index contributed by atoms with van der Waals surface area (Å²) in [5, 5.41) is 0. The molecular weight excluding hydrogens is 725 g/mol. The molecule has 0 aliphatic heterocycles. The van der Waals surface area contributed by atoms with Crippen LogP contribution >= 0.6 is 22.6 Å². The third kappa shape index (κ3) is 6.62. The van der Waals surface area contributed by atoms with Crippen molar-refractivity contribution in [1.29, 1.82) is 0 Å². The van der Waals surface area contributed by atoms with Gasteiger partial charge in [-0.1, -0.05) is 6.07 Å². The molecule has 3 nitrogen and oxygen atoms in total. The van der Waals surface area contributed by atoms with Crippen molar-refractivity contribution in [2.45, 2.75) is 37.5 Å². The van der Waals surface area contributed by atoms with Crippen molar-refractivity contribution >= 4 is 40.0 Å². The summed E-state index contributed by atoms with van der Waals surface area (Å²) in [6, 6.07) is 6.29. The smallest absolute Gasteiger partial charge is 0.306 e. The first-order valence-corrected chi connectivity index (χ1v) is 12.8. The number of anilines is 1.